The van der Waals surface area contributed by atoms with E-state index in [1.54, 1.807) is 0 Å². The first kappa shape index (κ1) is 11.5. The molecule has 0 unspecified atom stereocenters. The fraction of sp³-hybridized carbons (Fsp3) is 0.571. The standard InChI is InChI=1S/C14H20O2/c1-11(2)12-3-5-13(6-4-12)16-14-7-9-15-10-8-14/h3-6,11,14H,7-10H2,1-2H3. The Bertz CT molecular complexity index is 310. The normalized spacial score (nSPS) is 17.7. The second-order valence-corrected chi connectivity index (χ2v) is 4.65. The molecule has 1 saturated heterocycles. The van der Waals surface area contributed by atoms with Gasteiger partial charge in [-0.1, -0.05) is 26.0 Å². The highest BCUT2D eigenvalue weighted by molar-refractivity contribution is 5.29. The summed E-state index contributed by atoms with van der Waals surface area (Å²) in [7, 11) is 0. The molecule has 16 heavy (non-hydrogen) atoms. The summed E-state index contributed by atoms with van der Waals surface area (Å²) >= 11 is 0. The summed E-state index contributed by atoms with van der Waals surface area (Å²) in [5, 5.41) is 0. The van der Waals surface area contributed by atoms with Gasteiger partial charge in [0.05, 0.1) is 13.2 Å². The van der Waals surface area contributed by atoms with Gasteiger partial charge in [-0.05, 0) is 23.6 Å². The van der Waals surface area contributed by atoms with E-state index in [1.165, 1.54) is 5.56 Å². The highest BCUT2D eigenvalue weighted by atomic mass is 16.5. The van der Waals surface area contributed by atoms with Gasteiger partial charge in [0.25, 0.3) is 0 Å². The predicted octanol–water partition coefficient (Wildman–Crippen LogP) is 3.37. The molecule has 1 aromatic rings. The van der Waals surface area contributed by atoms with Crippen molar-refractivity contribution in [2.45, 2.75) is 38.7 Å². The third-order valence-electron chi connectivity index (χ3n) is 3.02. The fourth-order valence-corrected chi connectivity index (χ4v) is 1.92. The molecule has 2 rings (SSSR count). The lowest BCUT2D eigenvalue weighted by atomic mass is 10.0. The quantitative estimate of drug-likeness (QED) is 0.777. The maximum Gasteiger partial charge on any atom is 0.119 e. The van der Waals surface area contributed by atoms with Crippen molar-refractivity contribution >= 4 is 0 Å². The molecule has 2 nitrogen and oxygen atoms in total. The Balaban J connectivity index is 1.93. The van der Waals surface area contributed by atoms with E-state index in [2.05, 4.69) is 38.1 Å². The van der Waals surface area contributed by atoms with Crippen LogP contribution in [0.1, 0.15) is 38.2 Å². The van der Waals surface area contributed by atoms with Crippen LogP contribution >= 0.6 is 0 Å². The molecule has 88 valence electrons. The van der Waals surface area contributed by atoms with Gasteiger partial charge in [0.2, 0.25) is 0 Å². The molecule has 0 bridgehead atoms. The zero-order chi connectivity index (χ0) is 11.4. The van der Waals surface area contributed by atoms with Gasteiger partial charge in [-0.15, -0.1) is 0 Å². The Morgan fingerprint density at radius 2 is 1.75 bits per heavy atom. The van der Waals surface area contributed by atoms with Crippen LogP contribution in [0.15, 0.2) is 24.3 Å². The van der Waals surface area contributed by atoms with Crippen molar-refractivity contribution in [2.75, 3.05) is 13.2 Å². The highest BCUT2D eigenvalue weighted by Crippen LogP contribution is 2.21. The van der Waals surface area contributed by atoms with Gasteiger partial charge in [0, 0.05) is 12.8 Å². The van der Waals surface area contributed by atoms with Crippen LogP contribution in [0, 0.1) is 0 Å². The van der Waals surface area contributed by atoms with E-state index in [0.717, 1.165) is 31.8 Å². The van der Waals surface area contributed by atoms with Crippen LogP contribution in [0.2, 0.25) is 0 Å². The van der Waals surface area contributed by atoms with E-state index in [0.29, 0.717) is 12.0 Å². The van der Waals surface area contributed by atoms with Crippen LogP contribution in [-0.2, 0) is 4.74 Å². The lowest BCUT2D eigenvalue weighted by molar-refractivity contribution is 0.0255. The van der Waals surface area contributed by atoms with Crippen molar-refractivity contribution < 1.29 is 9.47 Å². The Hall–Kier alpha value is -1.02. The maximum atomic E-state index is 5.91. The summed E-state index contributed by atoms with van der Waals surface area (Å²) in [5.74, 6) is 1.56. The molecule has 1 aliphatic heterocycles. The first-order valence-corrected chi connectivity index (χ1v) is 6.10. The van der Waals surface area contributed by atoms with Crippen molar-refractivity contribution in [3.05, 3.63) is 29.8 Å². The SMILES string of the molecule is CC(C)c1ccc(OC2CCOCC2)cc1. The summed E-state index contributed by atoms with van der Waals surface area (Å²) in [4.78, 5) is 0. The Labute approximate surface area is 97.6 Å². The van der Waals surface area contributed by atoms with E-state index in [1.807, 2.05) is 0 Å². The van der Waals surface area contributed by atoms with Crippen LogP contribution in [0.5, 0.6) is 5.75 Å². The smallest absolute Gasteiger partial charge is 0.119 e. The summed E-state index contributed by atoms with van der Waals surface area (Å²) in [5.41, 5.74) is 1.36. The molecule has 1 fully saturated rings. The largest absolute Gasteiger partial charge is 0.490 e. The van der Waals surface area contributed by atoms with Crippen LogP contribution in [0.4, 0.5) is 0 Å². The molecule has 1 aliphatic rings. The molecule has 0 amide bonds. The summed E-state index contributed by atoms with van der Waals surface area (Å²) < 4.78 is 11.2. The van der Waals surface area contributed by atoms with E-state index < -0.39 is 0 Å². The van der Waals surface area contributed by atoms with Gasteiger partial charge >= 0.3 is 0 Å². The van der Waals surface area contributed by atoms with Gasteiger partial charge in [-0.25, -0.2) is 0 Å². The van der Waals surface area contributed by atoms with Gasteiger partial charge in [0.15, 0.2) is 0 Å². The van der Waals surface area contributed by atoms with Crippen molar-refractivity contribution in [1.29, 1.82) is 0 Å². The number of benzene rings is 1. The minimum Gasteiger partial charge on any atom is -0.490 e. The van der Waals surface area contributed by atoms with E-state index in [9.17, 15) is 0 Å². The van der Waals surface area contributed by atoms with Crippen LogP contribution in [0.25, 0.3) is 0 Å². The molecule has 1 heterocycles. The Morgan fingerprint density at radius 3 is 2.31 bits per heavy atom. The van der Waals surface area contributed by atoms with Crippen molar-refractivity contribution in [1.82, 2.24) is 0 Å². The van der Waals surface area contributed by atoms with Crippen LogP contribution in [0.3, 0.4) is 0 Å². The monoisotopic (exact) mass is 220 g/mol. The molecule has 1 aromatic carbocycles. The lowest BCUT2D eigenvalue weighted by Crippen LogP contribution is -2.25. The first-order chi connectivity index (χ1) is 7.75. The molecule has 0 radical (unpaired) electrons. The molecule has 0 atom stereocenters. The highest BCUT2D eigenvalue weighted by Gasteiger charge is 2.15. The molecular weight excluding hydrogens is 200 g/mol. The first-order valence-electron chi connectivity index (χ1n) is 6.10. The molecule has 2 heteroatoms. The Morgan fingerprint density at radius 1 is 1.12 bits per heavy atom. The topological polar surface area (TPSA) is 18.5 Å². The molecule has 0 saturated carbocycles. The molecule has 0 aliphatic carbocycles. The van der Waals surface area contributed by atoms with Gasteiger partial charge < -0.3 is 9.47 Å². The summed E-state index contributed by atoms with van der Waals surface area (Å²) in [6.07, 6.45) is 2.34. The minimum absolute atomic E-state index is 0.332. The predicted molar refractivity (Wildman–Crippen MR) is 65.0 cm³/mol. The number of ether oxygens (including phenoxy) is 2. The zero-order valence-corrected chi connectivity index (χ0v) is 10.1. The summed E-state index contributed by atoms with van der Waals surface area (Å²) in [6, 6.07) is 8.45. The number of rotatable bonds is 3. The van der Waals surface area contributed by atoms with Gasteiger partial charge in [-0.3, -0.25) is 0 Å². The fourth-order valence-electron chi connectivity index (χ4n) is 1.92. The zero-order valence-electron chi connectivity index (χ0n) is 10.1. The second-order valence-electron chi connectivity index (χ2n) is 4.65. The number of hydrogen-bond acceptors (Lipinski definition) is 2. The molecule has 0 aromatic heterocycles. The average Bonchev–Trinajstić information content (AvgIpc) is 2.31. The Kier molecular flexibility index (Phi) is 3.83. The summed E-state index contributed by atoms with van der Waals surface area (Å²) in [6.45, 7) is 6.06. The van der Waals surface area contributed by atoms with Gasteiger partial charge in [-0.2, -0.15) is 0 Å². The molecular formula is C14H20O2. The lowest BCUT2D eigenvalue weighted by Gasteiger charge is -2.23. The van der Waals surface area contributed by atoms with E-state index in [4.69, 9.17) is 9.47 Å². The second kappa shape index (κ2) is 5.35. The number of hydrogen-bond donors (Lipinski definition) is 0. The van der Waals surface area contributed by atoms with E-state index in [-0.39, 0.29) is 0 Å². The molecule has 0 spiro atoms. The van der Waals surface area contributed by atoms with E-state index >= 15 is 0 Å². The van der Waals surface area contributed by atoms with Crippen molar-refractivity contribution in [3.8, 4) is 5.75 Å². The third-order valence-corrected chi connectivity index (χ3v) is 3.02. The minimum atomic E-state index is 0.332. The van der Waals surface area contributed by atoms with Gasteiger partial charge in [0.1, 0.15) is 11.9 Å². The third kappa shape index (κ3) is 2.99. The van der Waals surface area contributed by atoms with Crippen molar-refractivity contribution in [3.63, 3.8) is 0 Å². The average molecular weight is 220 g/mol. The molecule has 0 N–H and O–H groups in total. The maximum absolute atomic E-state index is 5.91. The van der Waals surface area contributed by atoms with Crippen LogP contribution < -0.4 is 4.74 Å². The van der Waals surface area contributed by atoms with Crippen molar-refractivity contribution in [2.24, 2.45) is 0 Å². The van der Waals surface area contributed by atoms with Crippen LogP contribution in [-0.4, -0.2) is 19.3 Å².